The summed E-state index contributed by atoms with van der Waals surface area (Å²) in [4.78, 5) is 8.96. The number of fused-ring (bicyclic) bond motifs is 1. The zero-order valence-corrected chi connectivity index (χ0v) is 15.4. The van der Waals surface area contributed by atoms with Crippen LogP contribution in [0.15, 0.2) is 71.9 Å². The van der Waals surface area contributed by atoms with Crippen LogP contribution in [0.4, 0.5) is 5.69 Å². The molecule has 0 unspecified atom stereocenters. The molecule has 0 aliphatic rings. The summed E-state index contributed by atoms with van der Waals surface area (Å²) in [7, 11) is 0. The van der Waals surface area contributed by atoms with Gasteiger partial charge >= 0.3 is 0 Å². The number of hydrogen-bond acceptors (Lipinski definition) is 2. The average Bonchev–Trinajstić information content (AvgIpc) is 2.93. The predicted octanol–water partition coefficient (Wildman–Crippen LogP) is 6.05. The predicted molar refractivity (Wildman–Crippen MR) is 109 cm³/mol. The van der Waals surface area contributed by atoms with Crippen molar-refractivity contribution in [2.75, 3.05) is 0 Å². The minimum absolute atomic E-state index is 0.690. The van der Waals surface area contributed by atoms with E-state index in [0.717, 1.165) is 33.5 Å². The van der Waals surface area contributed by atoms with Gasteiger partial charge in [-0.3, -0.25) is 9.98 Å². The van der Waals surface area contributed by atoms with Crippen molar-refractivity contribution in [3.05, 3.63) is 88.8 Å². The van der Waals surface area contributed by atoms with Gasteiger partial charge in [-0.15, -0.1) is 0 Å². The molecule has 0 radical (unpaired) electrons. The van der Waals surface area contributed by atoms with Crippen molar-refractivity contribution < 1.29 is 0 Å². The second-order valence-electron chi connectivity index (χ2n) is 6.28. The minimum Gasteiger partial charge on any atom is -0.318 e. The summed E-state index contributed by atoms with van der Waals surface area (Å²) in [6, 6.07) is 20.1. The molecule has 2 heterocycles. The first kappa shape index (κ1) is 16.6. The number of aliphatic imine (C=N–C) groups is 1. The number of hydrogen-bond donors (Lipinski definition) is 0. The normalized spacial score (nSPS) is 11.5. The maximum atomic E-state index is 6.03. The van der Waals surface area contributed by atoms with E-state index < -0.39 is 0 Å². The molecule has 0 bridgehead atoms. The second kappa shape index (κ2) is 6.77. The topological polar surface area (TPSA) is 30.2 Å². The van der Waals surface area contributed by atoms with E-state index in [1.807, 2.05) is 42.7 Å². The number of pyridine rings is 1. The van der Waals surface area contributed by atoms with Crippen LogP contribution in [0.25, 0.3) is 16.6 Å². The van der Waals surface area contributed by atoms with E-state index in [4.69, 9.17) is 11.6 Å². The first-order chi connectivity index (χ1) is 12.6. The van der Waals surface area contributed by atoms with Gasteiger partial charge in [0.25, 0.3) is 0 Å². The van der Waals surface area contributed by atoms with E-state index in [2.05, 4.69) is 58.7 Å². The maximum absolute atomic E-state index is 6.03. The number of aromatic nitrogens is 2. The fraction of sp³-hybridized carbons (Fsp3) is 0.0909. The first-order valence-electron chi connectivity index (χ1n) is 8.45. The number of nitrogens with zero attached hydrogens (tertiary/aromatic N) is 3. The number of benzene rings is 2. The Morgan fingerprint density at radius 1 is 1.00 bits per heavy atom. The van der Waals surface area contributed by atoms with Gasteiger partial charge in [0.2, 0.25) is 0 Å². The molecule has 0 amide bonds. The van der Waals surface area contributed by atoms with E-state index in [-0.39, 0.29) is 0 Å². The van der Waals surface area contributed by atoms with E-state index in [1.54, 1.807) is 0 Å². The molecular formula is C22H18ClN3. The zero-order valence-electron chi connectivity index (χ0n) is 14.6. The molecule has 0 N–H and O–H groups in total. The lowest BCUT2D eigenvalue weighted by molar-refractivity contribution is 0.967. The molecule has 3 nitrogen and oxygen atoms in total. The molecule has 4 heteroatoms. The van der Waals surface area contributed by atoms with Crippen LogP contribution in [0.2, 0.25) is 5.02 Å². The molecule has 4 rings (SSSR count). The van der Waals surface area contributed by atoms with Crippen LogP contribution in [-0.2, 0) is 0 Å². The monoisotopic (exact) mass is 359 g/mol. The molecule has 0 saturated heterocycles. The lowest BCUT2D eigenvalue weighted by Crippen LogP contribution is -1.99. The Morgan fingerprint density at radius 3 is 2.73 bits per heavy atom. The average molecular weight is 360 g/mol. The molecule has 0 aliphatic heterocycles. The summed E-state index contributed by atoms with van der Waals surface area (Å²) in [5, 5.41) is 1.82. The van der Waals surface area contributed by atoms with Crippen molar-refractivity contribution in [1.29, 1.82) is 0 Å². The third-order valence-electron chi connectivity index (χ3n) is 4.48. The molecule has 0 atom stereocenters. The highest BCUT2D eigenvalue weighted by Gasteiger charge is 2.10. The van der Waals surface area contributed by atoms with Crippen molar-refractivity contribution in [1.82, 2.24) is 9.55 Å². The van der Waals surface area contributed by atoms with Crippen LogP contribution in [0, 0.1) is 13.8 Å². The number of aryl methyl sites for hydroxylation is 1. The summed E-state index contributed by atoms with van der Waals surface area (Å²) in [6.07, 6.45) is 3.71. The minimum atomic E-state index is 0.690. The van der Waals surface area contributed by atoms with Gasteiger partial charge in [-0.1, -0.05) is 23.7 Å². The van der Waals surface area contributed by atoms with Crippen LogP contribution < -0.4 is 0 Å². The first-order valence-corrected chi connectivity index (χ1v) is 8.83. The van der Waals surface area contributed by atoms with Gasteiger partial charge in [0.15, 0.2) is 0 Å². The standard InChI is InChI=1S/C22H18ClN3/c1-15-11-18(14-25-20-7-3-6-19(23)13-20)16(2)26(15)21-8-9-22-17(12-21)5-4-10-24-22/h3-14H,1-2H3. The third-order valence-corrected chi connectivity index (χ3v) is 4.71. The van der Waals surface area contributed by atoms with Crippen molar-refractivity contribution in [3.8, 4) is 5.69 Å². The molecule has 0 fully saturated rings. The maximum Gasteiger partial charge on any atom is 0.0703 e. The van der Waals surface area contributed by atoms with Gasteiger partial charge in [-0.05, 0) is 62.4 Å². The van der Waals surface area contributed by atoms with Gasteiger partial charge in [0.05, 0.1) is 11.2 Å². The number of halogens is 1. The molecule has 0 saturated carbocycles. The Balaban J connectivity index is 1.74. The largest absolute Gasteiger partial charge is 0.318 e. The zero-order chi connectivity index (χ0) is 18.1. The van der Waals surface area contributed by atoms with E-state index in [1.165, 1.54) is 5.69 Å². The summed E-state index contributed by atoms with van der Waals surface area (Å²) >= 11 is 6.03. The van der Waals surface area contributed by atoms with E-state index in [9.17, 15) is 0 Å². The smallest absolute Gasteiger partial charge is 0.0703 e. The van der Waals surface area contributed by atoms with E-state index >= 15 is 0 Å². The molecular weight excluding hydrogens is 342 g/mol. The lowest BCUT2D eigenvalue weighted by atomic mass is 10.2. The highest BCUT2D eigenvalue weighted by Crippen LogP contribution is 2.24. The summed E-state index contributed by atoms with van der Waals surface area (Å²) < 4.78 is 2.24. The molecule has 2 aromatic heterocycles. The molecule has 4 aromatic rings. The number of rotatable bonds is 3. The molecule has 2 aromatic carbocycles. The Labute approximate surface area is 157 Å². The van der Waals surface area contributed by atoms with Crippen molar-refractivity contribution in [3.63, 3.8) is 0 Å². The van der Waals surface area contributed by atoms with Crippen molar-refractivity contribution in [2.24, 2.45) is 4.99 Å². The quantitative estimate of drug-likeness (QED) is 0.410. The van der Waals surface area contributed by atoms with E-state index in [0.29, 0.717) is 5.02 Å². The third kappa shape index (κ3) is 3.14. The Hall–Kier alpha value is -2.91. The van der Waals surface area contributed by atoms with Crippen molar-refractivity contribution in [2.45, 2.75) is 13.8 Å². The fourth-order valence-corrected chi connectivity index (χ4v) is 3.40. The van der Waals surface area contributed by atoms with Crippen LogP contribution in [0.3, 0.4) is 0 Å². The van der Waals surface area contributed by atoms with Gasteiger partial charge < -0.3 is 4.57 Å². The summed E-state index contributed by atoms with van der Waals surface area (Å²) in [5.41, 5.74) is 6.38. The molecule has 128 valence electrons. The van der Waals surface area contributed by atoms with Gasteiger partial charge in [0.1, 0.15) is 0 Å². The van der Waals surface area contributed by atoms with Crippen LogP contribution in [0.1, 0.15) is 17.0 Å². The van der Waals surface area contributed by atoms with Crippen molar-refractivity contribution >= 4 is 34.4 Å². The fourth-order valence-electron chi connectivity index (χ4n) is 3.22. The molecule has 26 heavy (non-hydrogen) atoms. The Bertz CT molecular complexity index is 1130. The summed E-state index contributed by atoms with van der Waals surface area (Å²) in [6.45, 7) is 4.22. The van der Waals surface area contributed by atoms with Crippen LogP contribution >= 0.6 is 11.6 Å². The Kier molecular flexibility index (Phi) is 4.31. The molecule has 0 aliphatic carbocycles. The van der Waals surface area contributed by atoms with Crippen LogP contribution in [0.5, 0.6) is 0 Å². The van der Waals surface area contributed by atoms with Gasteiger partial charge in [0, 0.05) is 45.5 Å². The second-order valence-corrected chi connectivity index (χ2v) is 6.72. The van der Waals surface area contributed by atoms with Gasteiger partial charge in [-0.25, -0.2) is 0 Å². The summed E-state index contributed by atoms with van der Waals surface area (Å²) in [5.74, 6) is 0. The highest BCUT2D eigenvalue weighted by molar-refractivity contribution is 6.30. The molecule has 0 spiro atoms. The lowest BCUT2D eigenvalue weighted by Gasteiger charge is -2.10. The van der Waals surface area contributed by atoms with Crippen LogP contribution in [-0.4, -0.2) is 15.8 Å². The SMILES string of the molecule is Cc1cc(C=Nc2cccc(Cl)c2)c(C)n1-c1ccc2ncccc2c1. The van der Waals surface area contributed by atoms with Gasteiger partial charge in [-0.2, -0.15) is 0 Å². The Morgan fingerprint density at radius 2 is 1.88 bits per heavy atom. The highest BCUT2D eigenvalue weighted by atomic mass is 35.5.